The van der Waals surface area contributed by atoms with Gasteiger partial charge in [-0.2, -0.15) is 0 Å². The Kier molecular flexibility index (Phi) is 7.88. The van der Waals surface area contributed by atoms with Gasteiger partial charge >= 0.3 is 0 Å². The largest absolute Gasteiger partial charge is 0.410 e. The van der Waals surface area contributed by atoms with E-state index < -0.39 is 31.2 Å². The Morgan fingerprint density at radius 3 is 1.62 bits per heavy atom. The molecule has 154 valence electrons. The van der Waals surface area contributed by atoms with E-state index in [1.54, 1.807) is 0 Å². The third kappa shape index (κ3) is 8.32. The van der Waals surface area contributed by atoms with Crippen molar-refractivity contribution in [3.05, 3.63) is 0 Å². The minimum absolute atomic E-state index is 0.117. The molecule has 0 aromatic carbocycles. The van der Waals surface area contributed by atoms with Crippen molar-refractivity contribution in [1.29, 1.82) is 0 Å². The van der Waals surface area contributed by atoms with E-state index in [0.717, 1.165) is 0 Å². The molecule has 6 nitrogen and oxygen atoms in total. The summed E-state index contributed by atoms with van der Waals surface area (Å²) in [5, 5.41) is 3.03. The Morgan fingerprint density at radius 1 is 0.808 bits per heavy atom. The number of carbonyl (C=O) groups is 1. The Hall–Kier alpha value is -0.0394. The predicted molar refractivity (Wildman–Crippen MR) is 113 cm³/mol. The van der Waals surface area contributed by atoms with Gasteiger partial charge in [-0.3, -0.25) is 4.79 Å². The van der Waals surface area contributed by atoms with Crippen LogP contribution < -0.4 is 5.32 Å². The van der Waals surface area contributed by atoms with Crippen LogP contribution in [0.1, 0.15) is 13.8 Å². The molecule has 0 aromatic heterocycles. The van der Waals surface area contributed by atoms with Gasteiger partial charge in [-0.05, 0) is 65.8 Å². The zero-order valence-electron chi connectivity index (χ0n) is 18.4. The van der Waals surface area contributed by atoms with Crippen molar-refractivity contribution in [1.82, 2.24) is 5.32 Å². The summed E-state index contributed by atoms with van der Waals surface area (Å²) in [6, 6.07) is -0.386. The van der Waals surface area contributed by atoms with Crippen LogP contribution in [-0.4, -0.2) is 61.5 Å². The molecule has 0 aromatic rings. The molecule has 0 spiro atoms. The number of hydrogen-bond acceptors (Lipinski definition) is 5. The maximum atomic E-state index is 11.9. The van der Waals surface area contributed by atoms with Gasteiger partial charge in [-0.1, -0.05) is 0 Å². The van der Waals surface area contributed by atoms with E-state index in [9.17, 15) is 4.79 Å². The van der Waals surface area contributed by atoms with Gasteiger partial charge in [-0.25, -0.2) is 0 Å². The lowest BCUT2D eigenvalue weighted by molar-refractivity contribution is -0.228. The standard InChI is InChI=1S/C17H39NO5Si3/c1-12-15(21-24(3,4)5)16(22-25(6,7)8)14(18-13(2)19)17(20-12)23-26(9,10)11/h12,14-17H,1-11H3,(H,18,19). The first-order chi connectivity index (χ1) is 11.5. The molecule has 0 saturated carbocycles. The van der Waals surface area contributed by atoms with E-state index in [1.165, 1.54) is 6.92 Å². The minimum Gasteiger partial charge on any atom is -0.410 e. The van der Waals surface area contributed by atoms with E-state index in [1.807, 2.05) is 6.92 Å². The van der Waals surface area contributed by atoms with Crippen LogP contribution in [0.25, 0.3) is 0 Å². The van der Waals surface area contributed by atoms with Gasteiger partial charge in [0.1, 0.15) is 6.04 Å². The molecule has 9 heteroatoms. The molecule has 0 aliphatic carbocycles. The fraction of sp³-hybridized carbons (Fsp3) is 0.941. The van der Waals surface area contributed by atoms with Crippen molar-refractivity contribution in [2.45, 2.75) is 103 Å². The van der Waals surface area contributed by atoms with Crippen molar-refractivity contribution < 1.29 is 22.8 Å². The van der Waals surface area contributed by atoms with Crippen LogP contribution in [0.15, 0.2) is 0 Å². The second-order valence-corrected chi connectivity index (χ2v) is 23.4. The zero-order valence-corrected chi connectivity index (χ0v) is 21.4. The third-order valence-electron chi connectivity index (χ3n) is 3.60. The second kappa shape index (κ2) is 8.54. The molecule has 1 rings (SSSR count). The van der Waals surface area contributed by atoms with Crippen LogP contribution in [-0.2, 0) is 22.8 Å². The first-order valence-electron chi connectivity index (χ1n) is 9.44. The number of amides is 1. The summed E-state index contributed by atoms with van der Waals surface area (Å²) < 4.78 is 25.5. The van der Waals surface area contributed by atoms with Crippen LogP contribution in [0.2, 0.25) is 58.9 Å². The Balaban J connectivity index is 3.27. The van der Waals surface area contributed by atoms with Crippen LogP contribution in [0, 0.1) is 0 Å². The lowest BCUT2D eigenvalue weighted by atomic mass is 9.97. The average Bonchev–Trinajstić information content (AvgIpc) is 2.33. The van der Waals surface area contributed by atoms with Gasteiger partial charge in [0.25, 0.3) is 0 Å². The van der Waals surface area contributed by atoms with Gasteiger partial charge in [0.15, 0.2) is 31.2 Å². The van der Waals surface area contributed by atoms with E-state index in [0.29, 0.717) is 0 Å². The zero-order chi connectivity index (χ0) is 20.5. The molecular weight excluding hydrogens is 382 g/mol. The Labute approximate surface area is 162 Å². The molecule has 5 unspecified atom stereocenters. The minimum atomic E-state index is -1.89. The molecule has 1 amide bonds. The molecule has 1 aliphatic heterocycles. The molecule has 1 aliphatic rings. The van der Waals surface area contributed by atoms with Gasteiger partial charge in [0, 0.05) is 6.92 Å². The van der Waals surface area contributed by atoms with E-state index in [-0.39, 0.29) is 30.3 Å². The second-order valence-electron chi connectivity index (χ2n) is 10.1. The summed E-state index contributed by atoms with van der Waals surface area (Å²) in [5.74, 6) is -0.117. The first kappa shape index (κ1) is 24.0. The smallest absolute Gasteiger partial charge is 0.217 e. The summed E-state index contributed by atoms with van der Waals surface area (Å²) in [5.41, 5.74) is 0. The van der Waals surface area contributed by atoms with Crippen LogP contribution >= 0.6 is 0 Å². The fourth-order valence-electron chi connectivity index (χ4n) is 2.95. The molecule has 26 heavy (non-hydrogen) atoms. The predicted octanol–water partition coefficient (Wildman–Crippen LogP) is 3.53. The molecule has 0 bridgehead atoms. The van der Waals surface area contributed by atoms with Crippen LogP contribution in [0.4, 0.5) is 0 Å². The average molecular weight is 422 g/mol. The van der Waals surface area contributed by atoms with E-state index in [4.69, 9.17) is 18.0 Å². The highest BCUT2D eigenvalue weighted by Crippen LogP contribution is 2.31. The molecule has 1 fully saturated rings. The summed E-state index contributed by atoms with van der Waals surface area (Å²) in [6.07, 6.45) is -1.22. The highest BCUT2D eigenvalue weighted by Gasteiger charge is 2.50. The lowest BCUT2D eigenvalue weighted by Crippen LogP contribution is -2.68. The maximum Gasteiger partial charge on any atom is 0.217 e. The number of rotatable bonds is 7. The number of ether oxygens (including phenoxy) is 1. The Morgan fingerprint density at radius 2 is 1.23 bits per heavy atom. The summed E-state index contributed by atoms with van der Waals surface area (Å²) in [7, 11) is -5.60. The molecule has 1 N–H and O–H groups in total. The van der Waals surface area contributed by atoms with Crippen molar-refractivity contribution in [3.8, 4) is 0 Å². The monoisotopic (exact) mass is 421 g/mol. The van der Waals surface area contributed by atoms with Crippen molar-refractivity contribution in [2.75, 3.05) is 0 Å². The molecule has 1 heterocycles. The molecular formula is C17H39NO5Si3. The number of carbonyl (C=O) groups excluding carboxylic acids is 1. The van der Waals surface area contributed by atoms with Gasteiger partial charge in [-0.15, -0.1) is 0 Å². The van der Waals surface area contributed by atoms with Crippen LogP contribution in [0.5, 0.6) is 0 Å². The SMILES string of the molecule is CC(=O)NC1C(O[Si](C)(C)C)OC(C)C(O[Si](C)(C)C)C1O[Si](C)(C)C. The fourth-order valence-corrected chi connectivity index (χ4v) is 6.09. The quantitative estimate of drug-likeness (QED) is 0.637. The third-order valence-corrected chi connectivity index (χ3v) is 6.50. The maximum absolute atomic E-state index is 11.9. The molecule has 5 atom stereocenters. The summed E-state index contributed by atoms with van der Waals surface area (Å²) in [4.78, 5) is 11.9. The first-order valence-corrected chi connectivity index (χ1v) is 19.7. The normalized spacial score (nSPS) is 31.0. The van der Waals surface area contributed by atoms with Gasteiger partial charge < -0.3 is 23.3 Å². The number of nitrogens with one attached hydrogen (secondary N) is 1. The topological polar surface area (TPSA) is 66.0 Å². The van der Waals surface area contributed by atoms with Crippen LogP contribution in [0.3, 0.4) is 0 Å². The molecule has 0 radical (unpaired) electrons. The van der Waals surface area contributed by atoms with Gasteiger partial charge in [0.05, 0.1) is 18.3 Å². The summed E-state index contributed by atoms with van der Waals surface area (Å²) in [6.45, 7) is 22.8. The van der Waals surface area contributed by atoms with E-state index >= 15 is 0 Å². The summed E-state index contributed by atoms with van der Waals surface area (Å²) >= 11 is 0. The van der Waals surface area contributed by atoms with Crippen molar-refractivity contribution >= 4 is 30.9 Å². The van der Waals surface area contributed by atoms with E-state index in [2.05, 4.69) is 64.2 Å². The highest BCUT2D eigenvalue weighted by molar-refractivity contribution is 6.70. The molecule has 1 saturated heterocycles. The number of hydrogen-bond donors (Lipinski definition) is 1. The van der Waals surface area contributed by atoms with Crippen molar-refractivity contribution in [3.63, 3.8) is 0 Å². The van der Waals surface area contributed by atoms with Crippen molar-refractivity contribution in [2.24, 2.45) is 0 Å². The highest BCUT2D eigenvalue weighted by atomic mass is 28.4. The van der Waals surface area contributed by atoms with Gasteiger partial charge in [0.2, 0.25) is 5.91 Å². The lowest BCUT2D eigenvalue weighted by Gasteiger charge is -2.50. The Bertz CT molecular complexity index is 484.